The van der Waals surface area contributed by atoms with E-state index in [0.29, 0.717) is 53.2 Å². The minimum atomic E-state index is -0.566. The molecule has 2 fully saturated rings. The second-order valence-electron chi connectivity index (χ2n) is 11.4. The zero-order valence-corrected chi connectivity index (χ0v) is 26.4. The van der Waals surface area contributed by atoms with Crippen molar-refractivity contribution in [1.82, 2.24) is 24.8 Å². The number of aromatic amines is 1. The summed E-state index contributed by atoms with van der Waals surface area (Å²) in [5, 5.41) is 5.75. The molecular formula is C32H35ClFN7O5. The van der Waals surface area contributed by atoms with Gasteiger partial charge in [-0.25, -0.2) is 19.2 Å². The third-order valence-electron chi connectivity index (χ3n) is 8.62. The standard InChI is InChI=1S/C32H35ClFN7O5/c1-3-46-32(44)27-18(2)24(38-25(27)16-26(42)41-8-6-20(7-9-41)40-10-12-45-13-11-40)15-21-28-29(35-17-36-30(28)39-31(21)43)37-19-4-5-23(34)22(33)14-19/h4-5,14-15,17,20,38H,3,6-13,16H2,1-2H3,(H2,35,36,37,39,43)/b21-15-. The number of aromatic nitrogens is 3. The van der Waals surface area contributed by atoms with Crippen molar-refractivity contribution in [2.45, 2.75) is 39.2 Å². The zero-order valence-electron chi connectivity index (χ0n) is 25.6. The number of morpholine rings is 1. The van der Waals surface area contributed by atoms with Gasteiger partial charge in [0.25, 0.3) is 5.91 Å². The molecule has 0 spiro atoms. The Hall–Kier alpha value is -4.33. The second kappa shape index (κ2) is 13.6. The first-order chi connectivity index (χ1) is 22.2. The SMILES string of the molecule is CCOC(=O)c1c(CC(=O)N2CCC(N3CCOCC3)CC2)[nH]c(/C=C2\C(=O)Nc3ncnc(Nc4ccc(F)c(Cl)c4)c32)c1C. The van der Waals surface area contributed by atoms with Crippen molar-refractivity contribution in [3.8, 4) is 0 Å². The van der Waals surface area contributed by atoms with E-state index in [1.54, 1.807) is 19.9 Å². The van der Waals surface area contributed by atoms with Crippen LogP contribution in [0.3, 0.4) is 0 Å². The fourth-order valence-electron chi connectivity index (χ4n) is 6.23. The lowest BCUT2D eigenvalue weighted by molar-refractivity contribution is -0.132. The molecule has 14 heteroatoms. The number of piperidine rings is 1. The average molecular weight is 652 g/mol. The van der Waals surface area contributed by atoms with E-state index in [1.165, 1.54) is 24.5 Å². The molecule has 2 amide bonds. The van der Waals surface area contributed by atoms with Gasteiger partial charge in [0.1, 0.15) is 23.8 Å². The van der Waals surface area contributed by atoms with Crippen LogP contribution in [-0.2, 0) is 25.5 Å². The quantitative estimate of drug-likeness (QED) is 0.242. The molecule has 242 valence electrons. The van der Waals surface area contributed by atoms with Gasteiger partial charge >= 0.3 is 5.97 Å². The van der Waals surface area contributed by atoms with Crippen LogP contribution in [0.15, 0.2) is 24.5 Å². The van der Waals surface area contributed by atoms with Crippen LogP contribution in [-0.4, -0.2) is 94.6 Å². The Morgan fingerprint density at radius 3 is 2.67 bits per heavy atom. The van der Waals surface area contributed by atoms with Gasteiger partial charge in [-0.3, -0.25) is 14.5 Å². The van der Waals surface area contributed by atoms with Crippen LogP contribution < -0.4 is 10.6 Å². The lowest BCUT2D eigenvalue weighted by Crippen LogP contribution is -2.50. The van der Waals surface area contributed by atoms with Gasteiger partial charge in [-0.05, 0) is 56.5 Å². The van der Waals surface area contributed by atoms with Crippen LogP contribution in [0.25, 0.3) is 11.6 Å². The highest BCUT2D eigenvalue weighted by atomic mass is 35.5. The number of rotatable bonds is 8. The lowest BCUT2D eigenvalue weighted by Gasteiger charge is -2.40. The van der Waals surface area contributed by atoms with Crippen LogP contribution in [0.2, 0.25) is 5.02 Å². The Morgan fingerprint density at radius 1 is 1.20 bits per heavy atom. The van der Waals surface area contributed by atoms with Gasteiger partial charge in [-0.2, -0.15) is 0 Å². The van der Waals surface area contributed by atoms with E-state index in [-0.39, 0.29) is 40.9 Å². The van der Waals surface area contributed by atoms with E-state index < -0.39 is 17.7 Å². The molecule has 12 nitrogen and oxygen atoms in total. The number of carbonyl (C=O) groups is 3. The number of benzene rings is 1. The number of fused-ring (bicyclic) bond motifs is 1. The smallest absolute Gasteiger partial charge is 0.340 e. The summed E-state index contributed by atoms with van der Waals surface area (Å²) in [4.78, 5) is 55.9. The number of halogens is 2. The first-order valence-corrected chi connectivity index (χ1v) is 15.7. The maximum absolute atomic E-state index is 13.7. The van der Waals surface area contributed by atoms with Crippen molar-refractivity contribution in [2.24, 2.45) is 0 Å². The molecule has 46 heavy (non-hydrogen) atoms. The van der Waals surface area contributed by atoms with Gasteiger partial charge in [0.05, 0.1) is 48.0 Å². The Morgan fingerprint density at radius 2 is 1.96 bits per heavy atom. The number of carbonyl (C=O) groups excluding carboxylic acids is 3. The van der Waals surface area contributed by atoms with E-state index in [1.807, 2.05) is 4.90 Å². The molecule has 5 heterocycles. The number of anilines is 3. The molecule has 0 unspecified atom stereocenters. The largest absolute Gasteiger partial charge is 0.462 e. The number of ether oxygens (including phenoxy) is 2. The number of likely N-dealkylation sites (tertiary alicyclic amines) is 1. The third kappa shape index (κ3) is 6.48. The van der Waals surface area contributed by atoms with Crippen LogP contribution in [0, 0.1) is 12.7 Å². The Labute approximate surface area is 270 Å². The summed E-state index contributed by atoms with van der Waals surface area (Å²) in [7, 11) is 0. The number of amides is 2. The van der Waals surface area contributed by atoms with E-state index in [9.17, 15) is 18.8 Å². The van der Waals surface area contributed by atoms with Crippen molar-refractivity contribution in [2.75, 3.05) is 56.6 Å². The minimum Gasteiger partial charge on any atom is -0.462 e. The highest BCUT2D eigenvalue weighted by molar-refractivity contribution is 6.35. The number of nitrogens with zero attached hydrogens (tertiary/aromatic N) is 4. The van der Waals surface area contributed by atoms with Crippen molar-refractivity contribution in [3.63, 3.8) is 0 Å². The summed E-state index contributed by atoms with van der Waals surface area (Å²) < 4.78 is 24.6. The maximum atomic E-state index is 13.7. The van der Waals surface area contributed by atoms with Gasteiger partial charge in [-0.1, -0.05) is 11.6 Å². The van der Waals surface area contributed by atoms with Gasteiger partial charge < -0.3 is 30.0 Å². The van der Waals surface area contributed by atoms with Crippen molar-refractivity contribution >= 4 is 58.4 Å². The summed E-state index contributed by atoms with van der Waals surface area (Å²) in [6.07, 6.45) is 4.64. The Balaban J connectivity index is 1.27. The van der Waals surface area contributed by atoms with Crippen molar-refractivity contribution < 1.29 is 28.2 Å². The van der Waals surface area contributed by atoms with E-state index in [0.717, 1.165) is 39.1 Å². The molecule has 0 bridgehead atoms. The number of hydrogen-bond donors (Lipinski definition) is 3. The predicted octanol–water partition coefficient (Wildman–Crippen LogP) is 4.18. The topological polar surface area (TPSA) is 142 Å². The molecular weight excluding hydrogens is 617 g/mol. The molecule has 3 N–H and O–H groups in total. The maximum Gasteiger partial charge on any atom is 0.340 e. The summed E-state index contributed by atoms with van der Waals surface area (Å²) in [5.74, 6) is -1.05. The average Bonchev–Trinajstić information content (AvgIpc) is 3.54. The molecule has 2 saturated heterocycles. The molecule has 3 aliphatic rings. The lowest BCUT2D eigenvalue weighted by atomic mass is 10.0. The molecule has 2 aromatic heterocycles. The molecule has 0 aliphatic carbocycles. The summed E-state index contributed by atoms with van der Waals surface area (Å²) in [6, 6.07) is 4.56. The molecule has 6 rings (SSSR count). The first kappa shape index (κ1) is 31.6. The van der Waals surface area contributed by atoms with Crippen LogP contribution in [0.4, 0.5) is 21.7 Å². The fourth-order valence-corrected chi connectivity index (χ4v) is 6.41. The normalized spacial score (nSPS) is 18.0. The number of esters is 1. The van der Waals surface area contributed by atoms with E-state index >= 15 is 0 Å². The van der Waals surface area contributed by atoms with Crippen LogP contribution >= 0.6 is 11.6 Å². The summed E-state index contributed by atoms with van der Waals surface area (Å²) in [6.45, 7) is 8.20. The number of H-pyrrole nitrogens is 1. The van der Waals surface area contributed by atoms with Gasteiger partial charge in [0.2, 0.25) is 5.91 Å². The Bertz CT molecular complexity index is 1700. The fraction of sp³-hybridized carbons (Fsp3) is 0.406. The predicted molar refractivity (Wildman–Crippen MR) is 170 cm³/mol. The van der Waals surface area contributed by atoms with Gasteiger partial charge in [0.15, 0.2) is 0 Å². The zero-order chi connectivity index (χ0) is 32.4. The highest BCUT2D eigenvalue weighted by Gasteiger charge is 2.32. The molecule has 3 aliphatic heterocycles. The summed E-state index contributed by atoms with van der Waals surface area (Å²) >= 11 is 5.96. The van der Waals surface area contributed by atoms with E-state index in [4.69, 9.17) is 21.1 Å². The van der Waals surface area contributed by atoms with Crippen LogP contribution in [0.1, 0.15) is 52.6 Å². The van der Waals surface area contributed by atoms with Crippen molar-refractivity contribution in [3.05, 3.63) is 63.4 Å². The van der Waals surface area contributed by atoms with Gasteiger partial charge in [-0.15, -0.1) is 0 Å². The molecule has 0 saturated carbocycles. The van der Waals surface area contributed by atoms with Crippen molar-refractivity contribution in [1.29, 1.82) is 0 Å². The number of nitrogens with one attached hydrogen (secondary N) is 3. The third-order valence-corrected chi connectivity index (χ3v) is 8.91. The Kier molecular flexibility index (Phi) is 9.34. The first-order valence-electron chi connectivity index (χ1n) is 15.3. The monoisotopic (exact) mass is 651 g/mol. The van der Waals surface area contributed by atoms with E-state index in [2.05, 4.69) is 30.5 Å². The minimum absolute atomic E-state index is 0.0234. The number of hydrogen-bond acceptors (Lipinski definition) is 9. The molecule has 0 atom stereocenters. The molecule has 0 radical (unpaired) electrons. The summed E-state index contributed by atoms with van der Waals surface area (Å²) in [5.41, 5.74) is 2.78. The molecule has 1 aromatic carbocycles. The van der Waals surface area contributed by atoms with Crippen LogP contribution in [0.5, 0.6) is 0 Å². The highest BCUT2D eigenvalue weighted by Crippen LogP contribution is 2.38. The van der Waals surface area contributed by atoms with Gasteiger partial charge in [0, 0.05) is 49.3 Å². The second-order valence-corrected chi connectivity index (χ2v) is 11.8. The molecule has 3 aromatic rings.